The molecule has 0 saturated carbocycles. The van der Waals surface area contributed by atoms with Crippen LogP contribution in [0.25, 0.3) is 0 Å². The van der Waals surface area contributed by atoms with Crippen LogP contribution in [0.15, 0.2) is 12.7 Å². The van der Waals surface area contributed by atoms with Gasteiger partial charge in [0.05, 0.1) is 6.10 Å². The van der Waals surface area contributed by atoms with Gasteiger partial charge in [-0.25, -0.2) is 0 Å². The molecule has 0 heterocycles. The van der Waals surface area contributed by atoms with Gasteiger partial charge in [-0.05, 0) is 12.3 Å². The maximum Gasteiger partial charge on any atom is 0.0600 e. The second-order valence-corrected chi connectivity index (χ2v) is 4.57. The quantitative estimate of drug-likeness (QED) is 0.422. The van der Waals surface area contributed by atoms with E-state index in [1.807, 2.05) is 13.0 Å². The van der Waals surface area contributed by atoms with E-state index in [9.17, 15) is 5.11 Å². The number of rotatable bonds is 10. The van der Waals surface area contributed by atoms with Crippen LogP contribution in [0.1, 0.15) is 65.2 Å². The first kappa shape index (κ1) is 14.7. The third kappa shape index (κ3) is 8.68. The lowest BCUT2D eigenvalue weighted by Gasteiger charge is -2.14. The Morgan fingerprint density at radius 2 is 1.60 bits per heavy atom. The smallest absolute Gasteiger partial charge is 0.0600 e. The molecule has 0 fully saturated rings. The molecule has 0 aromatic carbocycles. The van der Waals surface area contributed by atoms with Crippen molar-refractivity contribution in [3.8, 4) is 0 Å². The van der Waals surface area contributed by atoms with Crippen molar-refractivity contribution in [3.05, 3.63) is 12.7 Å². The molecule has 0 aliphatic carbocycles. The summed E-state index contributed by atoms with van der Waals surface area (Å²) in [5, 5.41) is 9.69. The van der Waals surface area contributed by atoms with Gasteiger partial charge < -0.3 is 5.11 Å². The van der Waals surface area contributed by atoms with Crippen LogP contribution in [0.2, 0.25) is 0 Å². The first-order valence-corrected chi connectivity index (χ1v) is 6.53. The van der Waals surface area contributed by atoms with Crippen LogP contribution >= 0.6 is 0 Å². The van der Waals surface area contributed by atoms with E-state index in [0.29, 0.717) is 0 Å². The molecule has 0 amide bonds. The summed E-state index contributed by atoms with van der Waals surface area (Å²) in [4.78, 5) is 0. The van der Waals surface area contributed by atoms with Crippen molar-refractivity contribution < 1.29 is 5.11 Å². The average molecular weight is 212 g/mol. The predicted octanol–water partition coefficient (Wildman–Crippen LogP) is 4.31. The highest BCUT2D eigenvalue weighted by Gasteiger charge is 2.09. The molecule has 90 valence electrons. The van der Waals surface area contributed by atoms with Crippen LogP contribution in [-0.4, -0.2) is 11.2 Å². The summed E-state index contributed by atoms with van der Waals surface area (Å²) in [6, 6.07) is 0. The molecule has 0 aromatic rings. The molecule has 15 heavy (non-hydrogen) atoms. The number of hydrogen-bond donors (Lipinski definition) is 1. The van der Waals surface area contributed by atoms with Crippen molar-refractivity contribution in [1.29, 1.82) is 0 Å². The van der Waals surface area contributed by atoms with Crippen molar-refractivity contribution in [2.24, 2.45) is 5.92 Å². The Balaban J connectivity index is 3.19. The summed E-state index contributed by atoms with van der Waals surface area (Å²) in [5.74, 6) is 0.241. The normalized spacial score (nSPS) is 14.9. The van der Waals surface area contributed by atoms with E-state index in [1.54, 1.807) is 0 Å². The third-order valence-electron chi connectivity index (χ3n) is 3.08. The van der Waals surface area contributed by atoms with E-state index in [1.165, 1.54) is 38.5 Å². The molecular weight excluding hydrogens is 184 g/mol. The molecule has 2 atom stereocenters. The van der Waals surface area contributed by atoms with Crippen LogP contribution in [-0.2, 0) is 0 Å². The standard InChI is InChI=1S/C14H28O/c1-4-6-7-8-9-10-11-12-14(15)13(3)5-2/h5,13-15H,2,4,6-12H2,1,3H3/t13-,14-/m1/s1. The zero-order valence-corrected chi connectivity index (χ0v) is 10.5. The lowest BCUT2D eigenvalue weighted by atomic mass is 9.98. The van der Waals surface area contributed by atoms with Crippen molar-refractivity contribution >= 4 is 0 Å². The van der Waals surface area contributed by atoms with Crippen LogP contribution in [0, 0.1) is 5.92 Å². The van der Waals surface area contributed by atoms with Gasteiger partial charge in [0.2, 0.25) is 0 Å². The van der Waals surface area contributed by atoms with Gasteiger partial charge in [-0.1, -0.05) is 64.9 Å². The lowest BCUT2D eigenvalue weighted by Crippen LogP contribution is -2.14. The Morgan fingerprint density at radius 1 is 1.07 bits per heavy atom. The molecule has 0 unspecified atom stereocenters. The van der Waals surface area contributed by atoms with Gasteiger partial charge in [0.15, 0.2) is 0 Å². The average Bonchev–Trinajstić information content (AvgIpc) is 2.26. The van der Waals surface area contributed by atoms with Gasteiger partial charge in [-0.2, -0.15) is 0 Å². The van der Waals surface area contributed by atoms with Gasteiger partial charge in [-0.15, -0.1) is 6.58 Å². The summed E-state index contributed by atoms with van der Waals surface area (Å²) >= 11 is 0. The maximum atomic E-state index is 9.69. The summed E-state index contributed by atoms with van der Waals surface area (Å²) < 4.78 is 0. The van der Waals surface area contributed by atoms with Gasteiger partial charge in [0, 0.05) is 0 Å². The molecular formula is C14H28O. The van der Waals surface area contributed by atoms with Gasteiger partial charge in [-0.3, -0.25) is 0 Å². The van der Waals surface area contributed by atoms with Gasteiger partial charge in [0.1, 0.15) is 0 Å². The lowest BCUT2D eigenvalue weighted by molar-refractivity contribution is 0.125. The molecule has 1 N–H and O–H groups in total. The molecule has 0 bridgehead atoms. The van der Waals surface area contributed by atoms with E-state index < -0.39 is 0 Å². The second-order valence-electron chi connectivity index (χ2n) is 4.57. The minimum absolute atomic E-state index is 0.182. The van der Waals surface area contributed by atoms with Crippen molar-refractivity contribution in [2.45, 2.75) is 71.3 Å². The zero-order chi connectivity index (χ0) is 11.5. The highest BCUT2D eigenvalue weighted by molar-refractivity contribution is 4.80. The molecule has 1 heteroatoms. The molecule has 0 aliphatic heterocycles. The second kappa shape index (κ2) is 10.2. The Hall–Kier alpha value is -0.300. The minimum atomic E-state index is -0.182. The summed E-state index contributed by atoms with van der Waals surface area (Å²) in [6.45, 7) is 7.97. The molecule has 1 nitrogen and oxygen atoms in total. The number of hydrogen-bond acceptors (Lipinski definition) is 1. The van der Waals surface area contributed by atoms with Gasteiger partial charge in [0.25, 0.3) is 0 Å². The largest absolute Gasteiger partial charge is 0.393 e. The minimum Gasteiger partial charge on any atom is -0.393 e. The maximum absolute atomic E-state index is 9.69. The van der Waals surface area contributed by atoms with Crippen LogP contribution in [0.4, 0.5) is 0 Å². The van der Waals surface area contributed by atoms with Crippen LogP contribution in [0.3, 0.4) is 0 Å². The predicted molar refractivity (Wildman–Crippen MR) is 68.0 cm³/mol. The molecule has 0 spiro atoms. The first-order chi connectivity index (χ1) is 7.22. The highest BCUT2D eigenvalue weighted by Crippen LogP contribution is 2.14. The van der Waals surface area contributed by atoms with Crippen molar-refractivity contribution in [3.63, 3.8) is 0 Å². The fourth-order valence-corrected chi connectivity index (χ4v) is 1.73. The van der Waals surface area contributed by atoms with E-state index in [2.05, 4.69) is 13.5 Å². The fraction of sp³-hybridized carbons (Fsp3) is 0.857. The van der Waals surface area contributed by atoms with E-state index in [-0.39, 0.29) is 12.0 Å². The Bertz CT molecular complexity index is 142. The zero-order valence-electron chi connectivity index (χ0n) is 10.5. The van der Waals surface area contributed by atoms with Gasteiger partial charge >= 0.3 is 0 Å². The first-order valence-electron chi connectivity index (χ1n) is 6.53. The monoisotopic (exact) mass is 212 g/mol. The Morgan fingerprint density at radius 3 is 2.13 bits per heavy atom. The van der Waals surface area contributed by atoms with Crippen LogP contribution < -0.4 is 0 Å². The summed E-state index contributed by atoms with van der Waals surface area (Å²) in [7, 11) is 0. The Kier molecular flexibility index (Phi) is 10.0. The summed E-state index contributed by atoms with van der Waals surface area (Å²) in [6.07, 6.45) is 11.8. The fourth-order valence-electron chi connectivity index (χ4n) is 1.73. The topological polar surface area (TPSA) is 20.2 Å². The SMILES string of the molecule is C=C[C@@H](C)[C@H](O)CCCCCCCCC. The molecule has 0 rings (SSSR count). The number of aliphatic hydroxyl groups is 1. The molecule has 0 saturated heterocycles. The molecule has 0 aliphatic rings. The molecule has 0 aromatic heterocycles. The van der Waals surface area contributed by atoms with E-state index in [4.69, 9.17) is 0 Å². The summed E-state index contributed by atoms with van der Waals surface area (Å²) in [5.41, 5.74) is 0. The van der Waals surface area contributed by atoms with Crippen molar-refractivity contribution in [1.82, 2.24) is 0 Å². The number of unbranched alkanes of at least 4 members (excludes halogenated alkanes) is 6. The highest BCUT2D eigenvalue weighted by atomic mass is 16.3. The van der Waals surface area contributed by atoms with E-state index >= 15 is 0 Å². The third-order valence-corrected chi connectivity index (χ3v) is 3.08. The van der Waals surface area contributed by atoms with E-state index in [0.717, 1.165) is 12.8 Å². The van der Waals surface area contributed by atoms with Crippen molar-refractivity contribution in [2.75, 3.05) is 0 Å². The molecule has 0 radical (unpaired) electrons. The van der Waals surface area contributed by atoms with Crippen LogP contribution in [0.5, 0.6) is 0 Å². The Labute approximate surface area is 95.6 Å². The number of aliphatic hydroxyl groups excluding tert-OH is 1.